The van der Waals surface area contributed by atoms with Gasteiger partial charge in [-0.3, -0.25) is 14.5 Å². The van der Waals surface area contributed by atoms with Crippen molar-refractivity contribution in [3.63, 3.8) is 0 Å². The molecule has 1 N–H and O–H groups in total. The standard InChI is InChI=1S/C24H23N3O2S/c1-26(2)20-12-14-21(15-13-20)27-22(28)16-30-24(27)18-8-10-19(11-9-18)25-23(29)17-6-4-3-5-7-17/h3-15,24H,16H2,1-2H3,(H,25,29)/t24-/m1/s1. The number of nitrogens with one attached hydrogen (secondary N) is 1. The summed E-state index contributed by atoms with van der Waals surface area (Å²) in [4.78, 5) is 28.8. The van der Waals surface area contributed by atoms with Crippen molar-refractivity contribution in [2.75, 3.05) is 35.0 Å². The van der Waals surface area contributed by atoms with Crippen LogP contribution >= 0.6 is 11.8 Å². The molecule has 0 radical (unpaired) electrons. The van der Waals surface area contributed by atoms with Crippen LogP contribution in [0.25, 0.3) is 0 Å². The van der Waals surface area contributed by atoms with Gasteiger partial charge in [-0.15, -0.1) is 11.8 Å². The normalized spacial score (nSPS) is 15.9. The first-order chi connectivity index (χ1) is 14.5. The van der Waals surface area contributed by atoms with Gasteiger partial charge in [-0.05, 0) is 54.1 Å². The van der Waals surface area contributed by atoms with Crippen LogP contribution in [0.2, 0.25) is 0 Å². The topological polar surface area (TPSA) is 52.6 Å². The lowest BCUT2D eigenvalue weighted by molar-refractivity contribution is -0.115. The van der Waals surface area contributed by atoms with Crippen molar-refractivity contribution in [1.29, 1.82) is 0 Å². The zero-order valence-corrected chi connectivity index (χ0v) is 17.7. The molecule has 0 saturated carbocycles. The predicted molar refractivity (Wildman–Crippen MR) is 124 cm³/mol. The highest BCUT2D eigenvalue weighted by Crippen LogP contribution is 2.42. The summed E-state index contributed by atoms with van der Waals surface area (Å²) in [7, 11) is 3.99. The molecule has 1 aliphatic rings. The summed E-state index contributed by atoms with van der Waals surface area (Å²) in [5.41, 5.74) is 4.35. The van der Waals surface area contributed by atoms with E-state index in [-0.39, 0.29) is 17.2 Å². The lowest BCUT2D eigenvalue weighted by atomic mass is 10.1. The quantitative estimate of drug-likeness (QED) is 0.649. The smallest absolute Gasteiger partial charge is 0.255 e. The Hall–Kier alpha value is -3.25. The van der Waals surface area contributed by atoms with E-state index in [0.29, 0.717) is 11.3 Å². The number of carbonyl (C=O) groups excluding carboxylic acids is 2. The van der Waals surface area contributed by atoms with Crippen LogP contribution in [0.3, 0.4) is 0 Å². The lowest BCUT2D eigenvalue weighted by Crippen LogP contribution is -2.27. The summed E-state index contributed by atoms with van der Waals surface area (Å²) in [5, 5.41) is 2.83. The Labute approximate surface area is 180 Å². The van der Waals surface area contributed by atoms with Crippen molar-refractivity contribution in [3.05, 3.63) is 90.0 Å². The fourth-order valence-corrected chi connectivity index (χ4v) is 4.56. The SMILES string of the molecule is CN(C)c1ccc(N2C(=O)CS[C@@H]2c2ccc(NC(=O)c3ccccc3)cc2)cc1. The number of carbonyl (C=O) groups is 2. The van der Waals surface area contributed by atoms with Gasteiger partial charge in [-0.1, -0.05) is 30.3 Å². The van der Waals surface area contributed by atoms with E-state index in [1.165, 1.54) is 0 Å². The van der Waals surface area contributed by atoms with Crippen LogP contribution in [-0.2, 0) is 4.79 Å². The molecule has 1 fully saturated rings. The van der Waals surface area contributed by atoms with Crippen LogP contribution in [0.5, 0.6) is 0 Å². The Morgan fingerprint density at radius 2 is 1.63 bits per heavy atom. The predicted octanol–water partition coefficient (Wildman–Crippen LogP) is 4.78. The molecule has 1 atom stereocenters. The molecule has 4 rings (SSSR count). The summed E-state index contributed by atoms with van der Waals surface area (Å²) < 4.78 is 0. The van der Waals surface area contributed by atoms with Gasteiger partial charge in [-0.2, -0.15) is 0 Å². The highest BCUT2D eigenvalue weighted by molar-refractivity contribution is 8.00. The minimum atomic E-state index is -0.142. The zero-order valence-electron chi connectivity index (χ0n) is 16.9. The van der Waals surface area contributed by atoms with Crippen LogP contribution in [0.15, 0.2) is 78.9 Å². The number of anilines is 3. The molecule has 1 saturated heterocycles. The molecule has 2 amide bonds. The minimum Gasteiger partial charge on any atom is -0.378 e. The number of nitrogens with zero attached hydrogens (tertiary/aromatic N) is 2. The summed E-state index contributed by atoms with van der Waals surface area (Å²) in [6, 6.07) is 24.8. The van der Waals surface area contributed by atoms with E-state index < -0.39 is 0 Å². The fraction of sp³-hybridized carbons (Fsp3) is 0.167. The van der Waals surface area contributed by atoms with Gasteiger partial charge < -0.3 is 10.2 Å². The molecular formula is C24H23N3O2S. The van der Waals surface area contributed by atoms with Gasteiger partial charge in [-0.25, -0.2) is 0 Å². The first kappa shape index (κ1) is 20.0. The average Bonchev–Trinajstić information content (AvgIpc) is 3.16. The summed E-state index contributed by atoms with van der Waals surface area (Å²) in [6.45, 7) is 0. The Kier molecular flexibility index (Phi) is 5.77. The molecule has 6 heteroatoms. The van der Waals surface area contributed by atoms with Crippen molar-refractivity contribution >= 4 is 40.6 Å². The molecule has 1 aliphatic heterocycles. The first-order valence-electron chi connectivity index (χ1n) is 9.70. The van der Waals surface area contributed by atoms with E-state index in [1.54, 1.807) is 23.9 Å². The summed E-state index contributed by atoms with van der Waals surface area (Å²) in [5.74, 6) is 0.410. The monoisotopic (exact) mass is 417 g/mol. The zero-order chi connectivity index (χ0) is 21.1. The molecule has 0 aromatic heterocycles. The maximum Gasteiger partial charge on any atom is 0.255 e. The molecule has 30 heavy (non-hydrogen) atoms. The van der Waals surface area contributed by atoms with E-state index in [1.807, 2.05) is 90.6 Å². The Morgan fingerprint density at radius 1 is 0.967 bits per heavy atom. The number of hydrogen-bond acceptors (Lipinski definition) is 4. The molecule has 3 aromatic rings. The Bertz CT molecular complexity index is 1030. The second-order valence-corrected chi connectivity index (χ2v) is 8.35. The van der Waals surface area contributed by atoms with Crippen molar-refractivity contribution in [2.24, 2.45) is 0 Å². The summed E-state index contributed by atoms with van der Waals surface area (Å²) in [6.07, 6.45) is 0. The number of benzene rings is 3. The van der Waals surface area contributed by atoms with Gasteiger partial charge in [0.05, 0.1) is 5.75 Å². The Morgan fingerprint density at radius 3 is 2.27 bits per heavy atom. The number of thioether (sulfide) groups is 1. The van der Waals surface area contributed by atoms with Gasteiger partial charge >= 0.3 is 0 Å². The molecule has 0 spiro atoms. The molecular weight excluding hydrogens is 394 g/mol. The minimum absolute atomic E-state index is 0.0819. The van der Waals surface area contributed by atoms with E-state index in [9.17, 15) is 9.59 Å². The van der Waals surface area contributed by atoms with E-state index >= 15 is 0 Å². The van der Waals surface area contributed by atoms with Crippen LogP contribution in [-0.4, -0.2) is 31.7 Å². The Balaban J connectivity index is 1.51. The van der Waals surface area contributed by atoms with Crippen LogP contribution < -0.4 is 15.1 Å². The second kappa shape index (κ2) is 8.63. The largest absolute Gasteiger partial charge is 0.378 e. The van der Waals surface area contributed by atoms with Gasteiger partial charge in [0.2, 0.25) is 5.91 Å². The highest BCUT2D eigenvalue weighted by atomic mass is 32.2. The van der Waals surface area contributed by atoms with E-state index in [0.717, 1.165) is 22.6 Å². The number of rotatable bonds is 5. The summed E-state index contributed by atoms with van der Waals surface area (Å²) >= 11 is 1.61. The molecule has 152 valence electrons. The van der Waals surface area contributed by atoms with Gasteiger partial charge in [0.1, 0.15) is 5.37 Å². The van der Waals surface area contributed by atoms with Gasteiger partial charge in [0.15, 0.2) is 0 Å². The van der Waals surface area contributed by atoms with Crippen molar-refractivity contribution in [1.82, 2.24) is 0 Å². The average molecular weight is 418 g/mol. The van der Waals surface area contributed by atoms with E-state index in [4.69, 9.17) is 0 Å². The maximum atomic E-state index is 12.6. The van der Waals surface area contributed by atoms with Crippen molar-refractivity contribution in [2.45, 2.75) is 5.37 Å². The van der Waals surface area contributed by atoms with Gasteiger partial charge in [0, 0.05) is 36.7 Å². The van der Waals surface area contributed by atoms with Crippen LogP contribution in [0.1, 0.15) is 21.3 Å². The van der Waals surface area contributed by atoms with Gasteiger partial charge in [0.25, 0.3) is 5.91 Å². The van der Waals surface area contributed by atoms with E-state index in [2.05, 4.69) is 5.32 Å². The maximum absolute atomic E-state index is 12.6. The van der Waals surface area contributed by atoms with Crippen molar-refractivity contribution < 1.29 is 9.59 Å². The van der Waals surface area contributed by atoms with Crippen molar-refractivity contribution in [3.8, 4) is 0 Å². The molecule has 0 bridgehead atoms. The molecule has 0 unspecified atom stereocenters. The molecule has 5 nitrogen and oxygen atoms in total. The fourth-order valence-electron chi connectivity index (χ4n) is 3.39. The molecule has 3 aromatic carbocycles. The molecule has 1 heterocycles. The highest BCUT2D eigenvalue weighted by Gasteiger charge is 2.34. The first-order valence-corrected chi connectivity index (χ1v) is 10.8. The number of hydrogen-bond donors (Lipinski definition) is 1. The third-order valence-electron chi connectivity index (χ3n) is 5.00. The third-order valence-corrected chi connectivity index (χ3v) is 6.21. The third kappa shape index (κ3) is 4.19. The number of amides is 2. The second-order valence-electron chi connectivity index (χ2n) is 7.28. The molecule has 0 aliphatic carbocycles. The van der Waals surface area contributed by atoms with Crippen LogP contribution in [0, 0.1) is 0 Å². The lowest BCUT2D eigenvalue weighted by Gasteiger charge is -2.25. The van der Waals surface area contributed by atoms with Crippen LogP contribution in [0.4, 0.5) is 17.1 Å².